The Morgan fingerprint density at radius 1 is 0.756 bits per heavy atom. The van der Waals surface area contributed by atoms with E-state index in [1.54, 1.807) is 0 Å². The van der Waals surface area contributed by atoms with E-state index in [2.05, 4.69) is 123 Å². The topological polar surface area (TPSA) is 0 Å². The molecule has 0 radical (unpaired) electrons. The van der Waals surface area contributed by atoms with Crippen LogP contribution < -0.4 is 0 Å². The summed E-state index contributed by atoms with van der Waals surface area (Å²) < 4.78 is 0. The molecule has 0 heteroatoms. The second-order valence-corrected chi connectivity index (χ2v) is 11.9. The predicted molar refractivity (Wildman–Crippen MR) is 177 cm³/mol. The number of terminal acetylenes is 1. The van der Waals surface area contributed by atoms with E-state index < -0.39 is 0 Å². The lowest BCUT2D eigenvalue weighted by Gasteiger charge is -2.35. The molecule has 1 aliphatic carbocycles. The lowest BCUT2D eigenvalue weighted by atomic mass is 9.69. The van der Waals surface area contributed by atoms with Gasteiger partial charge in [-0.2, -0.15) is 0 Å². The van der Waals surface area contributed by atoms with Crippen LogP contribution in [0.2, 0.25) is 0 Å². The van der Waals surface area contributed by atoms with Gasteiger partial charge in [0, 0.05) is 11.5 Å². The van der Waals surface area contributed by atoms with Gasteiger partial charge in [-0.25, -0.2) is 0 Å². The van der Waals surface area contributed by atoms with Crippen LogP contribution in [0.1, 0.15) is 72.8 Å². The summed E-state index contributed by atoms with van der Waals surface area (Å²) >= 11 is 0. The van der Waals surface area contributed by atoms with Crippen molar-refractivity contribution in [2.24, 2.45) is 11.8 Å². The quantitative estimate of drug-likeness (QED) is 0.140. The Bertz CT molecular complexity index is 1470. The summed E-state index contributed by atoms with van der Waals surface area (Å²) in [6.07, 6.45) is 13.8. The van der Waals surface area contributed by atoms with Crippen LogP contribution in [0.5, 0.6) is 0 Å². The van der Waals surface area contributed by atoms with E-state index in [1.807, 2.05) is 0 Å². The van der Waals surface area contributed by atoms with Crippen molar-refractivity contribution in [3.8, 4) is 23.5 Å². The molecule has 5 rings (SSSR count). The zero-order valence-corrected chi connectivity index (χ0v) is 24.5. The van der Waals surface area contributed by atoms with Crippen molar-refractivity contribution in [2.75, 3.05) is 0 Å². The zero-order valence-electron chi connectivity index (χ0n) is 24.5. The normalized spacial score (nSPS) is 17.4. The Balaban J connectivity index is 1.30. The average molecular weight is 535 g/mol. The van der Waals surface area contributed by atoms with Crippen molar-refractivity contribution in [2.45, 2.75) is 57.8 Å². The molecule has 0 bridgehead atoms. The first kappa shape index (κ1) is 28.4. The first-order valence-corrected chi connectivity index (χ1v) is 15.1. The van der Waals surface area contributed by atoms with Crippen LogP contribution in [0.3, 0.4) is 0 Å². The Hall–Kier alpha value is -4.08. The van der Waals surface area contributed by atoms with E-state index in [4.69, 9.17) is 13.0 Å². The van der Waals surface area contributed by atoms with Gasteiger partial charge in [-0.1, -0.05) is 121 Å². The van der Waals surface area contributed by atoms with Crippen LogP contribution in [0.4, 0.5) is 0 Å². The lowest BCUT2D eigenvalue weighted by molar-refractivity contribution is 0.252. The maximum absolute atomic E-state index is 5.55. The third-order valence-electron chi connectivity index (χ3n) is 9.01. The third-order valence-corrected chi connectivity index (χ3v) is 9.01. The smallest absolute Gasteiger partial charge is 0.0242 e. The fourth-order valence-electron chi connectivity index (χ4n) is 6.57. The van der Waals surface area contributed by atoms with Crippen LogP contribution in [0, 0.1) is 24.2 Å². The molecule has 0 aromatic heterocycles. The molecule has 1 aliphatic rings. The molecule has 1 fully saturated rings. The molecule has 0 amide bonds. The molecule has 4 aromatic carbocycles. The molecular formula is C41H42. The number of hydrogen-bond acceptors (Lipinski definition) is 0. The molecule has 41 heavy (non-hydrogen) atoms. The zero-order chi connectivity index (χ0) is 28.6. The lowest BCUT2D eigenvalue weighted by Crippen LogP contribution is -2.23. The van der Waals surface area contributed by atoms with Crippen molar-refractivity contribution in [1.29, 1.82) is 0 Å². The monoisotopic (exact) mass is 534 g/mol. The number of hydrogen-bond donors (Lipinski definition) is 0. The minimum atomic E-state index is 0.398. The average Bonchev–Trinajstić information content (AvgIpc) is 3.02. The molecule has 1 saturated carbocycles. The summed E-state index contributed by atoms with van der Waals surface area (Å²) in [7, 11) is 0. The number of allylic oxidation sites excluding steroid dienone is 2. The molecule has 4 aromatic rings. The van der Waals surface area contributed by atoms with Crippen molar-refractivity contribution in [3.05, 3.63) is 150 Å². The summed E-state index contributed by atoms with van der Waals surface area (Å²) in [6.45, 7) is 10.8. The molecule has 0 N–H and O–H groups in total. The molecule has 0 spiro atoms. The van der Waals surface area contributed by atoms with Crippen LogP contribution >= 0.6 is 0 Å². The summed E-state index contributed by atoms with van der Waals surface area (Å²) in [5.74, 6) is 4.51. The maximum Gasteiger partial charge on any atom is 0.0242 e. The summed E-state index contributed by atoms with van der Waals surface area (Å²) in [6, 6.07) is 37.5. The number of benzene rings is 4. The predicted octanol–water partition coefficient (Wildman–Crippen LogP) is 10.7. The van der Waals surface area contributed by atoms with Crippen LogP contribution in [0.25, 0.3) is 16.7 Å². The van der Waals surface area contributed by atoms with Crippen molar-refractivity contribution < 1.29 is 0 Å². The largest absolute Gasteiger partial charge is 0.115 e. The minimum absolute atomic E-state index is 0.398. The molecule has 0 heterocycles. The Kier molecular flexibility index (Phi) is 9.38. The second-order valence-electron chi connectivity index (χ2n) is 11.9. The van der Waals surface area contributed by atoms with Gasteiger partial charge >= 0.3 is 0 Å². The molecule has 0 saturated heterocycles. The van der Waals surface area contributed by atoms with Crippen LogP contribution in [-0.2, 0) is 12.8 Å². The molecule has 206 valence electrons. The van der Waals surface area contributed by atoms with Gasteiger partial charge in [0.15, 0.2) is 0 Å². The molecule has 1 unspecified atom stereocenters. The van der Waals surface area contributed by atoms with Gasteiger partial charge in [-0.15, -0.1) is 6.42 Å². The van der Waals surface area contributed by atoms with Gasteiger partial charge in [-0.05, 0) is 109 Å². The van der Waals surface area contributed by atoms with Gasteiger partial charge in [0.25, 0.3) is 0 Å². The first-order valence-electron chi connectivity index (χ1n) is 15.1. The van der Waals surface area contributed by atoms with Gasteiger partial charge in [0.05, 0.1) is 0 Å². The summed E-state index contributed by atoms with van der Waals surface area (Å²) in [5.41, 5.74) is 11.3. The molecule has 0 aliphatic heterocycles. The fraction of sp³-hybridized carbons (Fsp3) is 0.268. The van der Waals surface area contributed by atoms with E-state index in [9.17, 15) is 0 Å². The Morgan fingerprint density at radius 2 is 1.37 bits per heavy atom. The van der Waals surface area contributed by atoms with Gasteiger partial charge < -0.3 is 0 Å². The highest BCUT2D eigenvalue weighted by atomic mass is 14.3. The highest BCUT2D eigenvalue weighted by Gasteiger charge is 2.30. The van der Waals surface area contributed by atoms with Gasteiger partial charge in [0.1, 0.15) is 0 Å². The Morgan fingerprint density at radius 3 is 1.95 bits per heavy atom. The highest BCUT2D eigenvalue weighted by Crippen LogP contribution is 2.44. The number of rotatable bonds is 10. The van der Waals surface area contributed by atoms with Crippen molar-refractivity contribution >= 4 is 5.57 Å². The van der Waals surface area contributed by atoms with E-state index in [0.29, 0.717) is 11.8 Å². The summed E-state index contributed by atoms with van der Waals surface area (Å²) in [5, 5.41) is 0. The standard InChI is InChI=1S/C41H42/c1-5-32-13-15-34(16-14-32)29-35-17-19-39(20-18-35)41(31(4)11-12-33-9-7-6-8-10-33)40-27-25-38(26-28-40)37-23-21-36(22-24-37)30(2)3/h1,6-10,13-16,21-28,35,39,41H,2,4,11-12,17-20,29H2,3H3. The van der Waals surface area contributed by atoms with Crippen LogP contribution in [-0.4, -0.2) is 0 Å². The van der Waals surface area contributed by atoms with Crippen LogP contribution in [0.15, 0.2) is 122 Å². The first-order chi connectivity index (χ1) is 20.0. The molecule has 1 atom stereocenters. The maximum atomic E-state index is 5.55. The van der Waals surface area contributed by atoms with Crippen molar-refractivity contribution in [3.63, 3.8) is 0 Å². The SMILES string of the molecule is C#Cc1ccc(CC2CCC(C(C(=C)CCc3ccccc3)c3ccc(-c4ccc(C(=C)C)cc4)cc3)CC2)cc1. The fourth-order valence-corrected chi connectivity index (χ4v) is 6.57. The summed E-state index contributed by atoms with van der Waals surface area (Å²) in [4.78, 5) is 0. The number of aryl methyl sites for hydroxylation is 1. The van der Waals surface area contributed by atoms with E-state index in [-0.39, 0.29) is 0 Å². The Labute approximate surface area is 247 Å². The van der Waals surface area contributed by atoms with E-state index in [1.165, 1.54) is 64.6 Å². The minimum Gasteiger partial charge on any atom is -0.115 e. The third kappa shape index (κ3) is 7.36. The van der Waals surface area contributed by atoms with E-state index in [0.717, 1.165) is 36.3 Å². The molecule has 0 nitrogen and oxygen atoms in total. The van der Waals surface area contributed by atoms with Crippen molar-refractivity contribution in [1.82, 2.24) is 0 Å². The highest BCUT2D eigenvalue weighted by molar-refractivity contribution is 5.69. The van der Waals surface area contributed by atoms with Gasteiger partial charge in [0.2, 0.25) is 0 Å². The second kappa shape index (κ2) is 13.5. The molecular weight excluding hydrogens is 492 g/mol. The van der Waals surface area contributed by atoms with Gasteiger partial charge in [-0.3, -0.25) is 0 Å². The van der Waals surface area contributed by atoms with E-state index >= 15 is 0 Å².